The van der Waals surface area contributed by atoms with Gasteiger partial charge in [-0.15, -0.1) is 0 Å². The fourth-order valence-electron chi connectivity index (χ4n) is 3.47. The third-order valence-corrected chi connectivity index (χ3v) is 4.99. The lowest BCUT2D eigenvalue weighted by Gasteiger charge is -2.36. The van der Waals surface area contributed by atoms with Gasteiger partial charge >= 0.3 is 0 Å². The predicted molar refractivity (Wildman–Crippen MR) is 106 cm³/mol. The van der Waals surface area contributed by atoms with Crippen LogP contribution < -0.4 is 10.5 Å². The summed E-state index contributed by atoms with van der Waals surface area (Å²) in [7, 11) is 0. The van der Waals surface area contributed by atoms with Gasteiger partial charge in [0.05, 0.1) is 17.5 Å². The van der Waals surface area contributed by atoms with E-state index in [-0.39, 0.29) is 11.5 Å². The van der Waals surface area contributed by atoms with Crippen molar-refractivity contribution in [1.82, 2.24) is 24.6 Å². The molecule has 0 radical (unpaired) electrons. The Labute approximate surface area is 162 Å². The zero-order valence-corrected chi connectivity index (χ0v) is 15.9. The maximum atomic E-state index is 13.0. The highest BCUT2D eigenvalue weighted by Crippen LogP contribution is 2.18. The average molecular weight is 378 g/mol. The maximum Gasteiger partial charge on any atom is 0.257 e. The number of para-hydroxylation sites is 1. The Kier molecular flexibility index (Phi) is 4.68. The van der Waals surface area contributed by atoms with E-state index in [1.165, 1.54) is 16.4 Å². The van der Waals surface area contributed by atoms with Crippen LogP contribution in [0, 0.1) is 13.8 Å². The van der Waals surface area contributed by atoms with Crippen molar-refractivity contribution in [1.29, 1.82) is 0 Å². The zero-order chi connectivity index (χ0) is 19.7. The highest BCUT2D eigenvalue weighted by molar-refractivity contribution is 5.95. The van der Waals surface area contributed by atoms with E-state index in [9.17, 15) is 9.59 Å². The van der Waals surface area contributed by atoms with Crippen molar-refractivity contribution in [2.75, 3.05) is 31.1 Å². The van der Waals surface area contributed by atoms with E-state index >= 15 is 0 Å². The minimum Gasteiger partial charge on any atom is -0.368 e. The molecule has 28 heavy (non-hydrogen) atoms. The number of rotatable bonds is 3. The third-order valence-electron chi connectivity index (χ3n) is 4.99. The van der Waals surface area contributed by atoms with Crippen molar-refractivity contribution in [3.05, 3.63) is 69.9 Å². The van der Waals surface area contributed by atoms with Gasteiger partial charge in [0.15, 0.2) is 0 Å². The van der Waals surface area contributed by atoms with Crippen LogP contribution in [0.15, 0.2) is 47.4 Å². The van der Waals surface area contributed by atoms with Crippen LogP contribution in [0.3, 0.4) is 0 Å². The molecule has 144 valence electrons. The van der Waals surface area contributed by atoms with Gasteiger partial charge in [-0.25, -0.2) is 9.67 Å². The Morgan fingerprint density at radius 3 is 2.46 bits per heavy atom. The molecule has 0 saturated carbocycles. The number of nitrogens with one attached hydrogen (secondary N) is 1. The number of aromatic nitrogens is 4. The molecule has 1 N–H and O–H groups in total. The average Bonchev–Trinajstić information content (AvgIpc) is 3.09. The molecular weight excluding hydrogens is 356 g/mol. The quantitative estimate of drug-likeness (QED) is 0.747. The standard InChI is InChI=1S/C20H22N6O2/c1-14-12-18(27)23-20(22-14)26-15(2)17(13-21-26)19(28)25-10-8-24(9-11-25)16-6-4-3-5-7-16/h3-7,12-13H,8-11H2,1-2H3,(H,22,23,27). The number of aryl methyl sites for hydroxylation is 1. The summed E-state index contributed by atoms with van der Waals surface area (Å²) in [6.45, 7) is 6.43. The van der Waals surface area contributed by atoms with Crippen LogP contribution in [0.25, 0.3) is 5.95 Å². The molecule has 0 unspecified atom stereocenters. The number of carbonyl (C=O) groups excluding carboxylic acids is 1. The Morgan fingerprint density at radius 2 is 1.79 bits per heavy atom. The number of nitrogens with zero attached hydrogens (tertiary/aromatic N) is 5. The van der Waals surface area contributed by atoms with Crippen LogP contribution in [0.4, 0.5) is 5.69 Å². The van der Waals surface area contributed by atoms with E-state index < -0.39 is 0 Å². The van der Waals surface area contributed by atoms with Gasteiger partial charge in [0.1, 0.15) is 0 Å². The summed E-state index contributed by atoms with van der Waals surface area (Å²) < 4.78 is 1.50. The molecule has 0 aliphatic carbocycles. The van der Waals surface area contributed by atoms with Gasteiger partial charge in [0.2, 0.25) is 5.95 Å². The zero-order valence-electron chi connectivity index (χ0n) is 15.9. The summed E-state index contributed by atoms with van der Waals surface area (Å²) in [6.07, 6.45) is 1.55. The molecule has 1 aliphatic rings. The normalized spacial score (nSPS) is 14.4. The molecule has 0 bridgehead atoms. The number of benzene rings is 1. The van der Waals surface area contributed by atoms with Crippen molar-refractivity contribution in [2.45, 2.75) is 13.8 Å². The Morgan fingerprint density at radius 1 is 1.07 bits per heavy atom. The molecule has 1 aromatic carbocycles. The molecule has 4 rings (SSSR count). The second-order valence-corrected chi connectivity index (χ2v) is 6.88. The van der Waals surface area contributed by atoms with Gasteiger partial charge in [0, 0.05) is 43.6 Å². The van der Waals surface area contributed by atoms with Crippen LogP contribution in [0.2, 0.25) is 0 Å². The van der Waals surface area contributed by atoms with Gasteiger partial charge in [-0.2, -0.15) is 5.10 Å². The maximum absolute atomic E-state index is 13.0. The van der Waals surface area contributed by atoms with Crippen LogP contribution in [-0.2, 0) is 0 Å². The molecule has 3 heterocycles. The number of H-pyrrole nitrogens is 1. The predicted octanol–water partition coefficient (Wildman–Crippen LogP) is 1.53. The number of anilines is 1. The first kappa shape index (κ1) is 18.0. The lowest BCUT2D eigenvalue weighted by atomic mass is 10.2. The van der Waals surface area contributed by atoms with Gasteiger partial charge in [-0.1, -0.05) is 18.2 Å². The van der Waals surface area contributed by atoms with E-state index in [0.29, 0.717) is 36.0 Å². The summed E-state index contributed by atoms with van der Waals surface area (Å²) in [4.78, 5) is 35.8. The molecule has 0 atom stereocenters. The topological polar surface area (TPSA) is 87.1 Å². The van der Waals surface area contributed by atoms with Crippen molar-refractivity contribution in [2.24, 2.45) is 0 Å². The van der Waals surface area contributed by atoms with Gasteiger partial charge < -0.3 is 9.80 Å². The number of aromatic amines is 1. The summed E-state index contributed by atoms with van der Waals surface area (Å²) in [5, 5.41) is 4.27. The van der Waals surface area contributed by atoms with E-state index in [2.05, 4.69) is 32.1 Å². The first-order valence-electron chi connectivity index (χ1n) is 9.25. The minimum atomic E-state index is -0.248. The van der Waals surface area contributed by atoms with Gasteiger partial charge in [0.25, 0.3) is 11.5 Å². The number of amides is 1. The molecule has 8 nitrogen and oxygen atoms in total. The van der Waals surface area contributed by atoms with Crippen LogP contribution in [0.5, 0.6) is 0 Å². The van der Waals surface area contributed by atoms with E-state index in [1.54, 1.807) is 13.1 Å². The highest BCUT2D eigenvalue weighted by atomic mass is 16.2. The number of piperazine rings is 1. The Bertz CT molecular complexity index is 1050. The number of hydrogen-bond acceptors (Lipinski definition) is 5. The lowest BCUT2D eigenvalue weighted by Crippen LogP contribution is -2.48. The fourth-order valence-corrected chi connectivity index (χ4v) is 3.47. The van der Waals surface area contributed by atoms with Crippen molar-refractivity contribution >= 4 is 11.6 Å². The molecule has 8 heteroatoms. The van der Waals surface area contributed by atoms with Crippen LogP contribution >= 0.6 is 0 Å². The largest absolute Gasteiger partial charge is 0.368 e. The van der Waals surface area contributed by atoms with Crippen molar-refractivity contribution in [3.8, 4) is 5.95 Å². The lowest BCUT2D eigenvalue weighted by molar-refractivity contribution is 0.0746. The summed E-state index contributed by atoms with van der Waals surface area (Å²) >= 11 is 0. The van der Waals surface area contributed by atoms with E-state index in [1.807, 2.05) is 30.0 Å². The Hall–Kier alpha value is -3.42. The third kappa shape index (κ3) is 3.40. The van der Waals surface area contributed by atoms with Crippen LogP contribution in [-0.4, -0.2) is 56.7 Å². The molecule has 2 aromatic heterocycles. The molecule has 1 fully saturated rings. The molecule has 3 aromatic rings. The molecule has 1 aliphatic heterocycles. The minimum absolute atomic E-state index is 0.0496. The van der Waals surface area contributed by atoms with Crippen molar-refractivity contribution in [3.63, 3.8) is 0 Å². The van der Waals surface area contributed by atoms with Crippen molar-refractivity contribution < 1.29 is 4.79 Å². The fraction of sp³-hybridized carbons (Fsp3) is 0.300. The first-order valence-corrected chi connectivity index (χ1v) is 9.25. The van der Waals surface area contributed by atoms with E-state index in [4.69, 9.17) is 0 Å². The SMILES string of the molecule is Cc1cc(=O)[nH]c(-n2ncc(C(=O)N3CCN(c4ccccc4)CC3)c2C)n1. The first-order chi connectivity index (χ1) is 13.5. The molecular formula is C20H22N6O2. The van der Waals surface area contributed by atoms with Crippen LogP contribution in [0.1, 0.15) is 21.7 Å². The number of hydrogen-bond donors (Lipinski definition) is 1. The monoisotopic (exact) mass is 378 g/mol. The summed E-state index contributed by atoms with van der Waals surface area (Å²) in [6, 6.07) is 11.6. The van der Waals surface area contributed by atoms with Gasteiger partial charge in [-0.05, 0) is 26.0 Å². The van der Waals surface area contributed by atoms with Gasteiger partial charge in [-0.3, -0.25) is 14.6 Å². The smallest absolute Gasteiger partial charge is 0.257 e. The molecule has 1 saturated heterocycles. The summed E-state index contributed by atoms with van der Waals surface area (Å²) in [5.41, 5.74) is 2.70. The second kappa shape index (κ2) is 7.30. The highest BCUT2D eigenvalue weighted by Gasteiger charge is 2.25. The summed E-state index contributed by atoms with van der Waals surface area (Å²) in [5.74, 6) is 0.266. The number of carbonyl (C=O) groups is 1. The van der Waals surface area contributed by atoms with E-state index in [0.717, 1.165) is 13.1 Å². The second-order valence-electron chi connectivity index (χ2n) is 6.88. The molecule has 1 amide bonds. The molecule has 0 spiro atoms. The Balaban J connectivity index is 1.50.